The van der Waals surface area contributed by atoms with Gasteiger partial charge in [0.25, 0.3) is 0 Å². The van der Waals surface area contributed by atoms with Crippen LogP contribution in [0.4, 0.5) is 5.69 Å². The van der Waals surface area contributed by atoms with Gasteiger partial charge in [0.1, 0.15) is 0 Å². The Bertz CT molecular complexity index is 451. The highest BCUT2D eigenvalue weighted by Gasteiger charge is 2.14. The maximum Gasteiger partial charge on any atom is 0.249 e. The molecule has 2 rings (SSSR count). The van der Waals surface area contributed by atoms with Crippen molar-refractivity contribution in [2.24, 2.45) is 5.92 Å². The molecule has 1 aromatic carbocycles. The lowest BCUT2D eigenvalue weighted by Crippen LogP contribution is -2.07. The average Bonchev–Trinajstić information content (AvgIpc) is 2.43. The van der Waals surface area contributed by atoms with Gasteiger partial charge in [0.15, 0.2) is 0 Å². The summed E-state index contributed by atoms with van der Waals surface area (Å²) in [5.41, 5.74) is 0.915. The molecule has 90 valence electrons. The third kappa shape index (κ3) is 3.37. The highest BCUT2D eigenvalue weighted by molar-refractivity contribution is 8.03. The van der Waals surface area contributed by atoms with Crippen molar-refractivity contribution in [1.29, 1.82) is 0 Å². The van der Waals surface area contributed by atoms with Crippen LogP contribution in [0.2, 0.25) is 0 Å². The molecule has 0 atom stereocenters. The first-order valence-corrected chi connectivity index (χ1v) is 6.75. The molecule has 0 bridgehead atoms. The topological polar surface area (TPSA) is 29.1 Å². The Labute approximate surface area is 106 Å². The molecule has 0 aromatic heterocycles. The second-order valence-corrected chi connectivity index (χ2v) is 5.80. The molecule has 1 aromatic rings. The number of carbonyl (C=O) groups excluding carboxylic acids is 1. The number of hydrogen-bond acceptors (Lipinski definition) is 2. The van der Waals surface area contributed by atoms with Crippen molar-refractivity contribution in [2.45, 2.75) is 31.6 Å². The average molecular weight is 247 g/mol. The fraction of sp³-hybridized carbons (Fsp3) is 0.357. The van der Waals surface area contributed by atoms with E-state index in [2.05, 4.69) is 25.2 Å². The van der Waals surface area contributed by atoms with Gasteiger partial charge in [-0.15, -0.1) is 0 Å². The van der Waals surface area contributed by atoms with Crippen LogP contribution in [0.5, 0.6) is 0 Å². The van der Waals surface area contributed by atoms with Gasteiger partial charge in [0, 0.05) is 11.0 Å². The SMILES string of the molecule is CC(C)CCC1=CC(=O)Nc2ccccc2S1. The summed E-state index contributed by atoms with van der Waals surface area (Å²) in [5.74, 6) is 0.652. The lowest BCUT2D eigenvalue weighted by Gasteiger charge is -2.08. The first-order valence-electron chi connectivity index (χ1n) is 5.93. The molecule has 1 amide bonds. The van der Waals surface area contributed by atoms with Crippen molar-refractivity contribution in [3.05, 3.63) is 35.2 Å². The summed E-state index contributed by atoms with van der Waals surface area (Å²) in [4.78, 5) is 14.0. The number of thioether (sulfide) groups is 1. The summed E-state index contributed by atoms with van der Waals surface area (Å²) in [6.07, 6.45) is 3.82. The van der Waals surface area contributed by atoms with E-state index in [0.29, 0.717) is 5.92 Å². The third-order valence-corrected chi connectivity index (χ3v) is 3.81. The van der Waals surface area contributed by atoms with Gasteiger partial charge in [0.05, 0.1) is 5.69 Å². The molecule has 1 heterocycles. The summed E-state index contributed by atoms with van der Waals surface area (Å²) < 4.78 is 0. The molecular formula is C14H17NOS. The van der Waals surface area contributed by atoms with Gasteiger partial charge in [-0.1, -0.05) is 37.7 Å². The zero-order valence-corrected chi connectivity index (χ0v) is 11.0. The van der Waals surface area contributed by atoms with Crippen LogP contribution in [0.1, 0.15) is 26.7 Å². The minimum absolute atomic E-state index is 0.0128. The highest BCUT2D eigenvalue weighted by atomic mass is 32.2. The van der Waals surface area contributed by atoms with Crippen molar-refractivity contribution >= 4 is 23.4 Å². The predicted molar refractivity (Wildman–Crippen MR) is 73.1 cm³/mol. The molecular weight excluding hydrogens is 230 g/mol. The summed E-state index contributed by atoms with van der Waals surface area (Å²) in [6, 6.07) is 7.94. The van der Waals surface area contributed by atoms with E-state index in [4.69, 9.17) is 0 Å². The molecule has 1 N–H and O–H groups in total. The molecule has 1 aliphatic rings. The van der Waals surface area contributed by atoms with E-state index in [0.717, 1.165) is 28.3 Å². The molecule has 0 fully saturated rings. The summed E-state index contributed by atoms with van der Waals surface area (Å²) >= 11 is 1.70. The van der Waals surface area contributed by atoms with Gasteiger partial charge in [-0.3, -0.25) is 4.79 Å². The van der Waals surface area contributed by atoms with Crippen LogP contribution in [0, 0.1) is 5.92 Å². The van der Waals surface area contributed by atoms with Gasteiger partial charge in [0.2, 0.25) is 5.91 Å². The van der Waals surface area contributed by atoms with Crippen molar-refractivity contribution in [3.63, 3.8) is 0 Å². The van der Waals surface area contributed by atoms with Gasteiger partial charge in [-0.2, -0.15) is 0 Å². The van der Waals surface area contributed by atoms with E-state index < -0.39 is 0 Å². The highest BCUT2D eigenvalue weighted by Crippen LogP contribution is 2.37. The Kier molecular flexibility index (Phi) is 3.89. The van der Waals surface area contributed by atoms with Crippen molar-refractivity contribution in [3.8, 4) is 0 Å². The first kappa shape index (κ1) is 12.2. The minimum Gasteiger partial charge on any atom is -0.321 e. The summed E-state index contributed by atoms with van der Waals surface area (Å²) in [5, 5.41) is 2.90. The van der Waals surface area contributed by atoms with E-state index in [1.54, 1.807) is 17.8 Å². The molecule has 17 heavy (non-hydrogen) atoms. The lowest BCUT2D eigenvalue weighted by atomic mass is 10.1. The Balaban J connectivity index is 2.17. The number of nitrogens with one attached hydrogen (secondary N) is 1. The van der Waals surface area contributed by atoms with Gasteiger partial charge in [-0.05, 0) is 35.8 Å². The molecule has 1 aliphatic heterocycles. The van der Waals surface area contributed by atoms with Crippen molar-refractivity contribution in [2.75, 3.05) is 5.32 Å². The number of rotatable bonds is 3. The number of fused-ring (bicyclic) bond motifs is 1. The Morgan fingerprint density at radius 2 is 2.06 bits per heavy atom. The van der Waals surface area contributed by atoms with Gasteiger partial charge >= 0.3 is 0 Å². The van der Waals surface area contributed by atoms with E-state index in [9.17, 15) is 4.79 Å². The smallest absolute Gasteiger partial charge is 0.249 e. The molecule has 0 saturated carbocycles. The van der Waals surface area contributed by atoms with Gasteiger partial charge in [-0.25, -0.2) is 0 Å². The summed E-state index contributed by atoms with van der Waals surface area (Å²) in [6.45, 7) is 4.41. The zero-order chi connectivity index (χ0) is 12.3. The fourth-order valence-electron chi connectivity index (χ4n) is 1.70. The number of para-hydroxylation sites is 1. The Morgan fingerprint density at radius 1 is 1.29 bits per heavy atom. The monoisotopic (exact) mass is 247 g/mol. The second-order valence-electron chi connectivity index (χ2n) is 4.63. The standard InChI is InChI=1S/C14H17NOS/c1-10(2)7-8-11-9-14(16)15-12-5-3-4-6-13(12)17-11/h3-6,9-10H,7-8H2,1-2H3,(H,15,16). The Hall–Kier alpha value is -1.22. The lowest BCUT2D eigenvalue weighted by molar-refractivity contribution is -0.111. The largest absolute Gasteiger partial charge is 0.321 e. The molecule has 0 spiro atoms. The van der Waals surface area contributed by atoms with Crippen molar-refractivity contribution in [1.82, 2.24) is 0 Å². The van der Waals surface area contributed by atoms with E-state index >= 15 is 0 Å². The first-order chi connectivity index (χ1) is 8.15. The van der Waals surface area contributed by atoms with E-state index in [-0.39, 0.29) is 5.91 Å². The van der Waals surface area contributed by atoms with Crippen LogP contribution in [-0.4, -0.2) is 5.91 Å². The molecule has 0 aliphatic carbocycles. The maximum absolute atomic E-state index is 11.7. The number of anilines is 1. The van der Waals surface area contributed by atoms with E-state index in [1.165, 1.54) is 0 Å². The van der Waals surface area contributed by atoms with Crippen LogP contribution in [-0.2, 0) is 4.79 Å². The third-order valence-electron chi connectivity index (χ3n) is 2.65. The number of amides is 1. The fourth-order valence-corrected chi connectivity index (χ4v) is 2.74. The maximum atomic E-state index is 11.7. The normalized spacial score (nSPS) is 15.0. The minimum atomic E-state index is -0.0128. The molecule has 0 unspecified atom stereocenters. The molecule has 3 heteroatoms. The number of allylic oxidation sites excluding steroid dienone is 1. The molecule has 2 nitrogen and oxygen atoms in total. The molecule has 0 saturated heterocycles. The van der Waals surface area contributed by atoms with Crippen LogP contribution in [0.3, 0.4) is 0 Å². The van der Waals surface area contributed by atoms with Crippen molar-refractivity contribution < 1.29 is 4.79 Å². The van der Waals surface area contributed by atoms with Crippen LogP contribution >= 0.6 is 11.8 Å². The molecule has 0 radical (unpaired) electrons. The quantitative estimate of drug-likeness (QED) is 0.873. The Morgan fingerprint density at radius 3 is 2.82 bits per heavy atom. The number of hydrogen-bond donors (Lipinski definition) is 1. The van der Waals surface area contributed by atoms with Crippen LogP contribution in [0.15, 0.2) is 40.1 Å². The number of benzene rings is 1. The van der Waals surface area contributed by atoms with E-state index in [1.807, 2.05) is 18.2 Å². The second kappa shape index (κ2) is 5.41. The predicted octanol–water partition coefficient (Wildman–Crippen LogP) is 4.05. The van der Waals surface area contributed by atoms with Crippen LogP contribution in [0.25, 0.3) is 0 Å². The summed E-state index contributed by atoms with van der Waals surface area (Å²) in [7, 11) is 0. The van der Waals surface area contributed by atoms with Gasteiger partial charge < -0.3 is 5.32 Å². The zero-order valence-electron chi connectivity index (χ0n) is 10.2. The number of carbonyl (C=O) groups is 1. The van der Waals surface area contributed by atoms with Crippen LogP contribution < -0.4 is 5.32 Å².